The molecule has 1 aliphatic rings. The first-order valence-corrected chi connectivity index (χ1v) is 10.8. The third kappa shape index (κ3) is 3.78. The number of nitrogens with one attached hydrogen (secondary N) is 1. The molecule has 0 unspecified atom stereocenters. The van der Waals surface area contributed by atoms with Crippen molar-refractivity contribution in [2.75, 3.05) is 10.8 Å². The van der Waals surface area contributed by atoms with Crippen molar-refractivity contribution in [2.24, 2.45) is 7.05 Å². The van der Waals surface area contributed by atoms with Gasteiger partial charge < -0.3 is 9.88 Å². The predicted molar refractivity (Wildman–Crippen MR) is 110 cm³/mol. The molecule has 8 heteroatoms. The molecule has 0 spiro atoms. The van der Waals surface area contributed by atoms with Crippen LogP contribution in [0.4, 0.5) is 5.69 Å². The number of aryl methyl sites for hydroxylation is 1. The van der Waals surface area contributed by atoms with Gasteiger partial charge in [0.2, 0.25) is 0 Å². The second kappa shape index (κ2) is 7.58. The monoisotopic (exact) mass is 416 g/mol. The SMILES string of the molecule is Cn1cnc(S(=O)(=O)N(Cc2ccc(Cl)cc2)c2ccc3c(c2)CCNC3)c1. The molecule has 0 atom stereocenters. The normalized spacial score (nSPS) is 13.9. The largest absolute Gasteiger partial charge is 0.339 e. The van der Waals surface area contributed by atoms with E-state index in [1.54, 1.807) is 23.7 Å². The molecule has 4 rings (SSSR count). The van der Waals surface area contributed by atoms with Gasteiger partial charge in [-0.25, -0.2) is 4.98 Å². The van der Waals surface area contributed by atoms with Gasteiger partial charge in [-0.2, -0.15) is 8.42 Å². The molecule has 0 bridgehead atoms. The Kier molecular flexibility index (Phi) is 5.14. The number of halogens is 1. The molecule has 1 aromatic heterocycles. The third-order valence-corrected chi connectivity index (χ3v) is 6.75. The molecule has 0 saturated carbocycles. The molecule has 0 aliphatic carbocycles. The molecule has 0 radical (unpaired) electrons. The fourth-order valence-electron chi connectivity index (χ4n) is 3.32. The Morgan fingerprint density at radius 1 is 1.18 bits per heavy atom. The lowest BCUT2D eigenvalue weighted by molar-refractivity contribution is 0.587. The minimum atomic E-state index is -3.82. The molecule has 1 N–H and O–H groups in total. The zero-order valence-corrected chi connectivity index (χ0v) is 17.0. The predicted octanol–water partition coefficient (Wildman–Crippen LogP) is 3.11. The summed E-state index contributed by atoms with van der Waals surface area (Å²) in [5, 5.41) is 3.98. The van der Waals surface area contributed by atoms with Gasteiger partial charge in [-0.1, -0.05) is 29.8 Å². The quantitative estimate of drug-likeness (QED) is 0.694. The van der Waals surface area contributed by atoms with Crippen LogP contribution in [0.2, 0.25) is 5.02 Å². The van der Waals surface area contributed by atoms with Crippen LogP contribution in [0.3, 0.4) is 0 Å². The van der Waals surface area contributed by atoms with E-state index in [1.807, 2.05) is 30.3 Å². The smallest absolute Gasteiger partial charge is 0.283 e. The number of imidazole rings is 1. The molecule has 2 aromatic carbocycles. The standard InChI is InChI=1S/C20H21ClN4O2S/c1-24-13-20(23-14-24)28(26,27)25(12-15-2-5-18(21)6-3-15)19-7-4-17-11-22-9-8-16(17)10-19/h2-7,10,13-14,22H,8-9,11-12H2,1H3. The van der Waals surface area contributed by atoms with Gasteiger partial charge >= 0.3 is 0 Å². The summed E-state index contributed by atoms with van der Waals surface area (Å²) in [6.45, 7) is 1.90. The van der Waals surface area contributed by atoms with Crippen LogP contribution in [0.5, 0.6) is 0 Å². The van der Waals surface area contributed by atoms with Crippen molar-refractivity contribution in [3.8, 4) is 0 Å². The average Bonchev–Trinajstić information content (AvgIpc) is 3.14. The number of anilines is 1. The highest BCUT2D eigenvalue weighted by Gasteiger charge is 2.28. The van der Waals surface area contributed by atoms with E-state index in [0.717, 1.165) is 25.1 Å². The van der Waals surface area contributed by atoms with E-state index in [-0.39, 0.29) is 11.6 Å². The zero-order chi connectivity index (χ0) is 19.7. The average molecular weight is 417 g/mol. The number of hydrogen-bond donors (Lipinski definition) is 1. The number of benzene rings is 2. The Balaban J connectivity index is 1.78. The van der Waals surface area contributed by atoms with E-state index in [1.165, 1.54) is 28.0 Å². The summed E-state index contributed by atoms with van der Waals surface area (Å²) in [6, 6.07) is 13.0. The molecule has 3 aromatic rings. The van der Waals surface area contributed by atoms with Crippen LogP contribution >= 0.6 is 11.6 Å². The van der Waals surface area contributed by atoms with Crippen LogP contribution < -0.4 is 9.62 Å². The van der Waals surface area contributed by atoms with Gasteiger partial charge in [0.1, 0.15) is 0 Å². The van der Waals surface area contributed by atoms with Crippen LogP contribution in [0.25, 0.3) is 0 Å². The van der Waals surface area contributed by atoms with Crippen LogP contribution in [-0.2, 0) is 36.6 Å². The Labute approximate surface area is 169 Å². The van der Waals surface area contributed by atoms with Crippen molar-refractivity contribution < 1.29 is 8.42 Å². The molecule has 0 fully saturated rings. The fraction of sp³-hybridized carbons (Fsp3) is 0.250. The lowest BCUT2D eigenvalue weighted by atomic mass is 10.0. The number of nitrogens with zero attached hydrogens (tertiary/aromatic N) is 3. The molecule has 0 saturated heterocycles. The van der Waals surface area contributed by atoms with Crippen molar-refractivity contribution in [1.29, 1.82) is 0 Å². The van der Waals surface area contributed by atoms with E-state index in [9.17, 15) is 8.42 Å². The van der Waals surface area contributed by atoms with Gasteiger partial charge in [-0.05, 0) is 53.9 Å². The Hall–Kier alpha value is -2.35. The van der Waals surface area contributed by atoms with Crippen LogP contribution in [0.1, 0.15) is 16.7 Å². The molecule has 146 valence electrons. The van der Waals surface area contributed by atoms with E-state index in [4.69, 9.17) is 11.6 Å². The molecule has 1 aliphatic heterocycles. The van der Waals surface area contributed by atoms with Gasteiger partial charge in [0.05, 0.1) is 18.6 Å². The second-order valence-corrected chi connectivity index (χ2v) is 9.14. The summed E-state index contributed by atoms with van der Waals surface area (Å²) < 4.78 is 29.8. The third-order valence-electron chi connectivity index (χ3n) is 4.84. The Morgan fingerprint density at radius 2 is 1.96 bits per heavy atom. The summed E-state index contributed by atoms with van der Waals surface area (Å²) in [4.78, 5) is 4.08. The van der Waals surface area contributed by atoms with Crippen molar-refractivity contribution >= 4 is 27.3 Å². The van der Waals surface area contributed by atoms with Crippen LogP contribution in [-0.4, -0.2) is 24.5 Å². The first-order valence-electron chi connectivity index (χ1n) is 9.01. The maximum atomic E-state index is 13.4. The number of aromatic nitrogens is 2. The van der Waals surface area contributed by atoms with Crippen molar-refractivity contribution in [2.45, 2.75) is 24.5 Å². The van der Waals surface area contributed by atoms with Gasteiger partial charge in [-0.15, -0.1) is 0 Å². The molecular weight excluding hydrogens is 396 g/mol. The van der Waals surface area contributed by atoms with Gasteiger partial charge in [0.25, 0.3) is 10.0 Å². The highest BCUT2D eigenvalue weighted by atomic mass is 35.5. The summed E-state index contributed by atoms with van der Waals surface area (Å²) >= 11 is 5.98. The van der Waals surface area contributed by atoms with Crippen molar-refractivity contribution in [1.82, 2.24) is 14.9 Å². The topological polar surface area (TPSA) is 67.2 Å². The summed E-state index contributed by atoms with van der Waals surface area (Å²) in [7, 11) is -2.06. The van der Waals surface area contributed by atoms with Gasteiger partial charge in [-0.3, -0.25) is 4.31 Å². The summed E-state index contributed by atoms with van der Waals surface area (Å²) in [6.07, 6.45) is 3.89. The van der Waals surface area contributed by atoms with Crippen LogP contribution in [0, 0.1) is 0 Å². The lowest BCUT2D eigenvalue weighted by Gasteiger charge is -2.26. The van der Waals surface area contributed by atoms with Gasteiger partial charge in [0.15, 0.2) is 5.03 Å². The first-order chi connectivity index (χ1) is 13.4. The highest BCUT2D eigenvalue weighted by molar-refractivity contribution is 7.92. The Bertz CT molecular complexity index is 1090. The molecule has 2 heterocycles. The minimum Gasteiger partial charge on any atom is -0.339 e. The minimum absolute atomic E-state index is 0.0309. The van der Waals surface area contributed by atoms with E-state index in [2.05, 4.69) is 10.3 Å². The van der Waals surface area contributed by atoms with Crippen molar-refractivity contribution in [3.63, 3.8) is 0 Å². The fourth-order valence-corrected chi connectivity index (χ4v) is 4.87. The van der Waals surface area contributed by atoms with Crippen molar-refractivity contribution in [3.05, 3.63) is 76.7 Å². The lowest BCUT2D eigenvalue weighted by Crippen LogP contribution is -2.31. The number of fused-ring (bicyclic) bond motifs is 1. The molecule has 6 nitrogen and oxygen atoms in total. The zero-order valence-electron chi connectivity index (χ0n) is 15.5. The molecule has 28 heavy (non-hydrogen) atoms. The second-order valence-electron chi connectivity index (χ2n) is 6.90. The first kappa shape index (κ1) is 19.0. The van der Waals surface area contributed by atoms with E-state index < -0.39 is 10.0 Å². The molecular formula is C20H21ClN4O2S. The maximum Gasteiger partial charge on any atom is 0.283 e. The highest BCUT2D eigenvalue weighted by Crippen LogP contribution is 2.28. The Morgan fingerprint density at radius 3 is 2.68 bits per heavy atom. The van der Waals surface area contributed by atoms with Gasteiger partial charge in [0, 0.05) is 24.8 Å². The number of rotatable bonds is 5. The number of sulfonamides is 1. The van der Waals surface area contributed by atoms with E-state index >= 15 is 0 Å². The van der Waals surface area contributed by atoms with E-state index in [0.29, 0.717) is 10.7 Å². The molecule has 0 amide bonds. The van der Waals surface area contributed by atoms with Crippen LogP contribution in [0.15, 0.2) is 60.0 Å². The maximum absolute atomic E-state index is 13.4. The number of hydrogen-bond acceptors (Lipinski definition) is 4. The summed E-state index contributed by atoms with van der Waals surface area (Å²) in [5.41, 5.74) is 3.87. The summed E-state index contributed by atoms with van der Waals surface area (Å²) in [5.74, 6) is 0.